The fourth-order valence-corrected chi connectivity index (χ4v) is 3.69. The number of aromatic amines is 1. The standard InChI is InChI=1S/C22H17F2N7O/c1-2-14(29-20-18-19(26-10-25-18)27-11-28-20)21-30-15-8-5-7-13(24)17(15)22(32)31(21)16-9-4-3-6-12(16)23/h3-11,14H,2H2,1H3,(H2,25,26,27,28,29). The zero-order chi connectivity index (χ0) is 22.2. The van der Waals surface area contributed by atoms with Gasteiger partial charge in [0.05, 0.1) is 23.6 Å². The van der Waals surface area contributed by atoms with Crippen molar-refractivity contribution in [3.8, 4) is 5.69 Å². The minimum atomic E-state index is -0.716. The Bertz CT molecular complexity index is 1510. The third-order valence-electron chi connectivity index (χ3n) is 5.21. The van der Waals surface area contributed by atoms with Crippen molar-refractivity contribution in [2.45, 2.75) is 19.4 Å². The molecule has 0 aliphatic rings. The van der Waals surface area contributed by atoms with Crippen LogP contribution in [0, 0.1) is 11.6 Å². The summed E-state index contributed by atoms with van der Waals surface area (Å²) >= 11 is 0. The number of hydrogen-bond acceptors (Lipinski definition) is 6. The Morgan fingerprint density at radius 3 is 2.69 bits per heavy atom. The van der Waals surface area contributed by atoms with Gasteiger partial charge < -0.3 is 10.3 Å². The third-order valence-corrected chi connectivity index (χ3v) is 5.21. The summed E-state index contributed by atoms with van der Waals surface area (Å²) in [7, 11) is 0. The van der Waals surface area contributed by atoms with Crippen LogP contribution in [0.15, 0.2) is 59.9 Å². The zero-order valence-electron chi connectivity index (χ0n) is 16.9. The highest BCUT2D eigenvalue weighted by Crippen LogP contribution is 2.27. The highest BCUT2D eigenvalue weighted by Gasteiger charge is 2.24. The SMILES string of the molecule is CCC(Nc1ncnc2[nH]cnc12)c1nc2cccc(F)c2c(=O)n1-c1ccccc1F. The van der Waals surface area contributed by atoms with E-state index in [9.17, 15) is 13.6 Å². The number of fused-ring (bicyclic) bond motifs is 2. The van der Waals surface area contributed by atoms with Gasteiger partial charge in [-0.25, -0.2) is 28.7 Å². The lowest BCUT2D eigenvalue weighted by molar-refractivity contribution is 0.596. The Morgan fingerprint density at radius 2 is 1.88 bits per heavy atom. The largest absolute Gasteiger partial charge is 0.358 e. The van der Waals surface area contributed by atoms with Gasteiger partial charge in [0.25, 0.3) is 5.56 Å². The van der Waals surface area contributed by atoms with E-state index in [1.165, 1.54) is 43.0 Å². The van der Waals surface area contributed by atoms with Crippen LogP contribution in [0.2, 0.25) is 0 Å². The Labute approximate surface area is 180 Å². The van der Waals surface area contributed by atoms with Crippen LogP contribution >= 0.6 is 0 Å². The van der Waals surface area contributed by atoms with Gasteiger partial charge in [0.1, 0.15) is 34.7 Å². The maximum Gasteiger partial charge on any atom is 0.269 e. The van der Waals surface area contributed by atoms with Gasteiger partial charge in [-0.05, 0) is 30.7 Å². The molecule has 1 unspecified atom stereocenters. The molecule has 2 N–H and O–H groups in total. The van der Waals surface area contributed by atoms with E-state index < -0.39 is 23.2 Å². The monoisotopic (exact) mass is 433 g/mol. The van der Waals surface area contributed by atoms with E-state index in [4.69, 9.17) is 0 Å². The molecule has 0 saturated carbocycles. The van der Waals surface area contributed by atoms with E-state index in [0.29, 0.717) is 23.4 Å². The first-order valence-corrected chi connectivity index (χ1v) is 9.95. The summed E-state index contributed by atoms with van der Waals surface area (Å²) in [5.74, 6) is -0.689. The van der Waals surface area contributed by atoms with Gasteiger partial charge in [0, 0.05) is 0 Å². The molecular formula is C22H17F2N7O. The van der Waals surface area contributed by atoms with Crippen molar-refractivity contribution in [3.05, 3.63) is 82.9 Å². The highest BCUT2D eigenvalue weighted by atomic mass is 19.1. The van der Waals surface area contributed by atoms with E-state index in [2.05, 4.69) is 30.2 Å². The van der Waals surface area contributed by atoms with E-state index in [-0.39, 0.29) is 22.4 Å². The number of anilines is 1. The van der Waals surface area contributed by atoms with E-state index in [1.54, 1.807) is 12.1 Å². The summed E-state index contributed by atoms with van der Waals surface area (Å²) in [6.07, 6.45) is 3.35. The van der Waals surface area contributed by atoms with Crippen LogP contribution in [0.3, 0.4) is 0 Å². The number of hydrogen-bond donors (Lipinski definition) is 2. The fourth-order valence-electron chi connectivity index (χ4n) is 3.69. The highest BCUT2D eigenvalue weighted by molar-refractivity contribution is 5.82. The van der Waals surface area contributed by atoms with Crippen molar-refractivity contribution in [2.75, 3.05) is 5.32 Å². The smallest absolute Gasteiger partial charge is 0.269 e. The van der Waals surface area contributed by atoms with Crippen molar-refractivity contribution < 1.29 is 8.78 Å². The first-order chi connectivity index (χ1) is 15.6. The Morgan fingerprint density at radius 1 is 1.06 bits per heavy atom. The number of halogens is 2. The van der Waals surface area contributed by atoms with Crippen LogP contribution in [0.5, 0.6) is 0 Å². The lowest BCUT2D eigenvalue weighted by atomic mass is 10.1. The summed E-state index contributed by atoms with van der Waals surface area (Å²) in [5.41, 5.74) is 0.527. The molecule has 0 aliphatic carbocycles. The number of rotatable bonds is 5. The number of aromatic nitrogens is 6. The average molecular weight is 433 g/mol. The molecule has 0 saturated heterocycles. The summed E-state index contributed by atoms with van der Waals surface area (Å²) in [6.45, 7) is 1.88. The van der Waals surface area contributed by atoms with Crippen LogP contribution in [0.25, 0.3) is 27.8 Å². The van der Waals surface area contributed by atoms with Gasteiger partial charge >= 0.3 is 0 Å². The third kappa shape index (κ3) is 3.16. The topological polar surface area (TPSA) is 101 Å². The molecule has 1 atom stereocenters. The van der Waals surface area contributed by atoms with E-state index in [0.717, 1.165) is 4.57 Å². The van der Waals surface area contributed by atoms with Gasteiger partial charge in [-0.1, -0.05) is 25.1 Å². The van der Waals surface area contributed by atoms with Crippen LogP contribution in [-0.4, -0.2) is 29.5 Å². The average Bonchev–Trinajstić information content (AvgIpc) is 3.28. The fraction of sp³-hybridized carbons (Fsp3) is 0.136. The first-order valence-electron chi connectivity index (χ1n) is 9.95. The molecule has 3 heterocycles. The second-order valence-corrected chi connectivity index (χ2v) is 7.12. The minimum absolute atomic E-state index is 0.0157. The first kappa shape index (κ1) is 19.7. The molecule has 0 fully saturated rings. The van der Waals surface area contributed by atoms with Crippen molar-refractivity contribution in [1.82, 2.24) is 29.5 Å². The molecule has 5 aromatic rings. The summed E-state index contributed by atoms with van der Waals surface area (Å²) in [5, 5.41) is 3.04. The number of imidazole rings is 1. The quantitative estimate of drug-likeness (QED) is 0.436. The molecule has 32 heavy (non-hydrogen) atoms. The molecule has 3 aromatic heterocycles. The second-order valence-electron chi connectivity index (χ2n) is 7.12. The molecule has 0 aliphatic heterocycles. The molecule has 160 valence electrons. The zero-order valence-corrected chi connectivity index (χ0v) is 16.9. The van der Waals surface area contributed by atoms with Crippen LogP contribution in [-0.2, 0) is 0 Å². The molecule has 0 bridgehead atoms. The Hall–Kier alpha value is -4.21. The molecule has 10 heteroatoms. The molecule has 2 aromatic carbocycles. The Kier molecular flexibility index (Phi) is 4.81. The van der Waals surface area contributed by atoms with Crippen LogP contribution < -0.4 is 10.9 Å². The van der Waals surface area contributed by atoms with Gasteiger partial charge in [0.2, 0.25) is 0 Å². The number of H-pyrrole nitrogens is 1. The van der Waals surface area contributed by atoms with Gasteiger partial charge in [-0.2, -0.15) is 0 Å². The molecule has 5 rings (SSSR count). The van der Waals surface area contributed by atoms with E-state index in [1.807, 2.05) is 6.92 Å². The second kappa shape index (κ2) is 7.80. The lowest BCUT2D eigenvalue weighted by Crippen LogP contribution is -2.29. The summed E-state index contributed by atoms with van der Waals surface area (Å²) < 4.78 is 30.4. The normalized spacial score (nSPS) is 12.3. The minimum Gasteiger partial charge on any atom is -0.358 e. The van der Waals surface area contributed by atoms with E-state index >= 15 is 0 Å². The molecule has 0 radical (unpaired) electrons. The van der Waals surface area contributed by atoms with Crippen molar-refractivity contribution in [2.24, 2.45) is 0 Å². The Balaban J connectivity index is 1.76. The number of nitrogens with zero attached hydrogens (tertiary/aromatic N) is 5. The molecule has 0 amide bonds. The maximum absolute atomic E-state index is 14.8. The summed E-state index contributed by atoms with van der Waals surface area (Å²) in [6, 6.07) is 9.47. The maximum atomic E-state index is 14.8. The van der Waals surface area contributed by atoms with Crippen molar-refractivity contribution in [3.63, 3.8) is 0 Å². The van der Waals surface area contributed by atoms with Gasteiger partial charge in [0.15, 0.2) is 11.5 Å². The van der Waals surface area contributed by atoms with Crippen LogP contribution in [0.4, 0.5) is 14.6 Å². The van der Waals surface area contributed by atoms with Crippen LogP contribution in [0.1, 0.15) is 25.2 Å². The van der Waals surface area contributed by atoms with Gasteiger partial charge in [-0.15, -0.1) is 0 Å². The number of para-hydroxylation sites is 1. The molecule has 8 nitrogen and oxygen atoms in total. The molecular weight excluding hydrogens is 416 g/mol. The molecule has 0 spiro atoms. The van der Waals surface area contributed by atoms with Crippen molar-refractivity contribution in [1.29, 1.82) is 0 Å². The summed E-state index contributed by atoms with van der Waals surface area (Å²) in [4.78, 5) is 33.5. The number of benzene rings is 2. The lowest BCUT2D eigenvalue weighted by Gasteiger charge is -2.22. The van der Waals surface area contributed by atoms with Gasteiger partial charge in [-0.3, -0.25) is 9.36 Å². The number of nitrogens with one attached hydrogen (secondary N) is 2. The predicted octanol–water partition coefficient (Wildman–Crippen LogP) is 3.89. The van der Waals surface area contributed by atoms with Crippen molar-refractivity contribution >= 4 is 27.9 Å². The predicted molar refractivity (Wildman–Crippen MR) is 116 cm³/mol.